The third kappa shape index (κ3) is 7.93. The second-order valence-corrected chi connectivity index (χ2v) is 8.29. The second-order valence-electron chi connectivity index (χ2n) is 7.45. The molecule has 0 aliphatic carbocycles. The number of primary amides is 1. The van der Waals surface area contributed by atoms with Gasteiger partial charge in [-0.1, -0.05) is 37.0 Å². The first kappa shape index (κ1) is 26.9. The molecule has 0 heterocycles. The molecule has 3 amide bonds. The molecule has 0 spiro atoms. The number of hydrazone groups is 1. The van der Waals surface area contributed by atoms with E-state index in [1.165, 1.54) is 24.4 Å². The van der Waals surface area contributed by atoms with Crippen LogP contribution in [0.5, 0.6) is 11.5 Å². The molecular formula is C23H26Cl2N4O5. The van der Waals surface area contributed by atoms with Crippen molar-refractivity contribution in [2.45, 2.75) is 26.8 Å². The van der Waals surface area contributed by atoms with Crippen LogP contribution in [0.2, 0.25) is 10.0 Å². The minimum atomic E-state index is -0.861. The highest BCUT2D eigenvalue weighted by Gasteiger charge is 2.25. The molecule has 0 aliphatic rings. The van der Waals surface area contributed by atoms with Gasteiger partial charge in [-0.15, -0.1) is 0 Å². The van der Waals surface area contributed by atoms with Gasteiger partial charge in [0, 0.05) is 5.02 Å². The lowest BCUT2D eigenvalue weighted by molar-refractivity contribution is -0.124. The number of ether oxygens (including phenoxy) is 2. The Morgan fingerprint density at radius 2 is 1.82 bits per heavy atom. The number of carbonyl (C=O) groups excluding carboxylic acids is 3. The van der Waals surface area contributed by atoms with Gasteiger partial charge in [-0.25, -0.2) is 5.43 Å². The normalized spacial score (nSPS) is 11.8. The van der Waals surface area contributed by atoms with E-state index in [4.69, 9.17) is 38.4 Å². The topological polar surface area (TPSA) is 132 Å². The molecule has 0 aliphatic heterocycles. The van der Waals surface area contributed by atoms with Crippen LogP contribution >= 0.6 is 23.2 Å². The van der Waals surface area contributed by atoms with Crippen LogP contribution in [0, 0.1) is 5.92 Å². The Hall–Kier alpha value is -3.30. The van der Waals surface area contributed by atoms with E-state index in [0.717, 1.165) is 0 Å². The average molecular weight is 509 g/mol. The SMILES string of the molecule is CCOc1cc(C=NNC(=O)C(NC(=O)c2ccc(Cl)cc2Cl)C(C)C)ccc1OCC(N)=O. The summed E-state index contributed by atoms with van der Waals surface area (Å²) in [5.74, 6) is -1.10. The van der Waals surface area contributed by atoms with Crippen molar-refractivity contribution in [3.8, 4) is 11.5 Å². The third-order valence-corrected chi connectivity index (χ3v) is 4.99. The van der Waals surface area contributed by atoms with Crippen molar-refractivity contribution in [1.29, 1.82) is 0 Å². The molecule has 0 saturated heterocycles. The molecule has 34 heavy (non-hydrogen) atoms. The van der Waals surface area contributed by atoms with Crippen molar-refractivity contribution in [2.24, 2.45) is 16.8 Å². The lowest BCUT2D eigenvalue weighted by Gasteiger charge is -2.20. The summed E-state index contributed by atoms with van der Waals surface area (Å²) in [6.45, 7) is 5.47. The van der Waals surface area contributed by atoms with Gasteiger partial charge >= 0.3 is 0 Å². The van der Waals surface area contributed by atoms with Gasteiger partial charge < -0.3 is 20.5 Å². The predicted octanol–water partition coefficient (Wildman–Crippen LogP) is 3.16. The molecule has 0 bridgehead atoms. The fourth-order valence-corrected chi connectivity index (χ4v) is 3.30. The molecule has 0 saturated carbocycles. The van der Waals surface area contributed by atoms with Crippen molar-refractivity contribution >= 4 is 47.1 Å². The number of carbonyl (C=O) groups is 3. The van der Waals surface area contributed by atoms with Gasteiger partial charge in [-0.3, -0.25) is 14.4 Å². The van der Waals surface area contributed by atoms with Gasteiger partial charge in [0.25, 0.3) is 17.7 Å². The Bertz CT molecular complexity index is 1080. The molecule has 11 heteroatoms. The summed E-state index contributed by atoms with van der Waals surface area (Å²) in [5.41, 5.74) is 8.34. The summed E-state index contributed by atoms with van der Waals surface area (Å²) in [6.07, 6.45) is 1.41. The number of hydrogen-bond acceptors (Lipinski definition) is 6. The molecule has 2 aromatic carbocycles. The quantitative estimate of drug-likeness (QED) is 0.316. The van der Waals surface area contributed by atoms with E-state index in [2.05, 4.69) is 15.8 Å². The molecule has 2 aromatic rings. The largest absolute Gasteiger partial charge is 0.490 e. The Kier molecular flexibility index (Phi) is 10.2. The fourth-order valence-electron chi connectivity index (χ4n) is 2.81. The first-order valence-corrected chi connectivity index (χ1v) is 11.1. The Balaban J connectivity index is 2.07. The average Bonchev–Trinajstić information content (AvgIpc) is 2.76. The van der Waals surface area contributed by atoms with Crippen molar-refractivity contribution in [1.82, 2.24) is 10.7 Å². The van der Waals surface area contributed by atoms with E-state index in [1.807, 2.05) is 0 Å². The molecule has 0 aromatic heterocycles. The maximum atomic E-state index is 12.7. The Morgan fingerprint density at radius 3 is 2.44 bits per heavy atom. The van der Waals surface area contributed by atoms with Crippen LogP contribution in [0.1, 0.15) is 36.7 Å². The lowest BCUT2D eigenvalue weighted by atomic mass is 10.0. The number of hydrogen-bond donors (Lipinski definition) is 3. The van der Waals surface area contributed by atoms with Crippen LogP contribution in [-0.4, -0.2) is 43.2 Å². The molecule has 1 atom stereocenters. The summed E-state index contributed by atoms with van der Waals surface area (Å²) < 4.78 is 10.8. The molecule has 182 valence electrons. The molecule has 4 N–H and O–H groups in total. The van der Waals surface area contributed by atoms with E-state index >= 15 is 0 Å². The van der Waals surface area contributed by atoms with E-state index in [0.29, 0.717) is 28.7 Å². The molecule has 1 unspecified atom stereocenters. The second kappa shape index (κ2) is 12.8. The van der Waals surface area contributed by atoms with Crippen LogP contribution in [0.4, 0.5) is 0 Å². The molecule has 9 nitrogen and oxygen atoms in total. The summed E-state index contributed by atoms with van der Waals surface area (Å²) in [7, 11) is 0. The molecule has 0 radical (unpaired) electrons. The van der Waals surface area contributed by atoms with Gasteiger partial charge in [0.05, 0.1) is 23.4 Å². The lowest BCUT2D eigenvalue weighted by Crippen LogP contribution is -2.48. The summed E-state index contributed by atoms with van der Waals surface area (Å²) in [4.78, 5) is 36.2. The number of nitrogens with one attached hydrogen (secondary N) is 2. The van der Waals surface area contributed by atoms with E-state index < -0.39 is 23.8 Å². The van der Waals surface area contributed by atoms with Gasteiger partial charge in [0.2, 0.25) is 0 Å². The van der Waals surface area contributed by atoms with E-state index in [1.54, 1.807) is 39.0 Å². The zero-order valence-corrected chi connectivity index (χ0v) is 20.4. The highest BCUT2D eigenvalue weighted by molar-refractivity contribution is 6.36. The fraction of sp³-hybridized carbons (Fsp3) is 0.304. The van der Waals surface area contributed by atoms with Crippen LogP contribution in [0.3, 0.4) is 0 Å². The van der Waals surface area contributed by atoms with Gasteiger partial charge in [0.1, 0.15) is 6.04 Å². The zero-order valence-electron chi connectivity index (χ0n) is 18.9. The molecule has 2 rings (SSSR count). The maximum Gasteiger partial charge on any atom is 0.262 e. The first-order chi connectivity index (χ1) is 16.1. The zero-order chi connectivity index (χ0) is 25.3. The van der Waals surface area contributed by atoms with Crippen LogP contribution < -0.4 is 25.9 Å². The standard InChI is InChI=1S/C23H26Cl2N4O5/c1-4-33-19-9-14(5-8-18(19)34-12-20(26)30)11-27-29-23(32)21(13(2)3)28-22(31)16-7-6-15(24)10-17(16)25/h5-11,13,21H,4,12H2,1-3H3,(H2,26,30)(H,28,31)(H,29,32). The molecular weight excluding hydrogens is 483 g/mol. The van der Waals surface area contributed by atoms with E-state index in [9.17, 15) is 14.4 Å². The summed E-state index contributed by atoms with van der Waals surface area (Å²) >= 11 is 12.0. The third-order valence-electron chi connectivity index (χ3n) is 4.44. The van der Waals surface area contributed by atoms with Crippen molar-refractivity contribution in [3.05, 3.63) is 57.6 Å². The number of amides is 3. The number of halogens is 2. The minimum absolute atomic E-state index is 0.180. The highest BCUT2D eigenvalue weighted by atomic mass is 35.5. The van der Waals surface area contributed by atoms with Gasteiger partial charge in [0.15, 0.2) is 18.1 Å². The number of nitrogens with zero attached hydrogens (tertiary/aromatic N) is 1. The monoisotopic (exact) mass is 508 g/mol. The minimum Gasteiger partial charge on any atom is -0.490 e. The van der Waals surface area contributed by atoms with Gasteiger partial charge in [-0.2, -0.15) is 5.10 Å². The number of rotatable bonds is 11. The number of nitrogens with two attached hydrogens (primary N) is 1. The summed E-state index contributed by atoms with van der Waals surface area (Å²) in [5, 5.41) is 7.22. The Labute approximate surface area is 207 Å². The van der Waals surface area contributed by atoms with Crippen molar-refractivity contribution in [3.63, 3.8) is 0 Å². The maximum absolute atomic E-state index is 12.7. The highest BCUT2D eigenvalue weighted by Crippen LogP contribution is 2.28. The predicted molar refractivity (Wildman–Crippen MR) is 131 cm³/mol. The first-order valence-electron chi connectivity index (χ1n) is 10.4. The smallest absolute Gasteiger partial charge is 0.262 e. The van der Waals surface area contributed by atoms with Crippen LogP contribution in [0.25, 0.3) is 0 Å². The molecule has 0 fully saturated rings. The van der Waals surface area contributed by atoms with E-state index in [-0.39, 0.29) is 23.1 Å². The summed E-state index contributed by atoms with van der Waals surface area (Å²) in [6, 6.07) is 8.52. The van der Waals surface area contributed by atoms with Crippen LogP contribution in [0.15, 0.2) is 41.5 Å². The van der Waals surface area contributed by atoms with Gasteiger partial charge in [-0.05, 0) is 54.8 Å². The van der Waals surface area contributed by atoms with Crippen LogP contribution in [-0.2, 0) is 9.59 Å². The van der Waals surface area contributed by atoms with Crippen molar-refractivity contribution < 1.29 is 23.9 Å². The van der Waals surface area contributed by atoms with Crippen molar-refractivity contribution in [2.75, 3.05) is 13.2 Å². The number of benzene rings is 2. The Morgan fingerprint density at radius 1 is 1.09 bits per heavy atom.